The summed E-state index contributed by atoms with van der Waals surface area (Å²) in [6, 6.07) is 8.16. The maximum absolute atomic E-state index is 13.5. The summed E-state index contributed by atoms with van der Waals surface area (Å²) in [4.78, 5) is 20.9. The quantitative estimate of drug-likeness (QED) is 0.840. The second-order valence-corrected chi connectivity index (χ2v) is 6.38. The van der Waals surface area contributed by atoms with E-state index in [1.807, 2.05) is 15.9 Å². The van der Waals surface area contributed by atoms with Crippen LogP contribution in [0.15, 0.2) is 36.5 Å². The molecule has 1 aromatic heterocycles. The number of aromatic nitrogens is 1. The lowest BCUT2D eigenvalue weighted by Gasteiger charge is -2.31. The smallest absolute Gasteiger partial charge is 0.255 e. The number of pyridine rings is 1. The SMILES string of the molecule is O=C(c1cnc2c(c1)OCCN2c1cccc(F)c1)N1CCCCC1. The molecule has 130 valence electrons. The summed E-state index contributed by atoms with van der Waals surface area (Å²) >= 11 is 0. The Hall–Kier alpha value is -2.63. The fourth-order valence-corrected chi connectivity index (χ4v) is 3.39. The first kappa shape index (κ1) is 15.9. The standard InChI is InChI=1S/C19H20FN3O2/c20-15-5-4-6-16(12-15)23-9-10-25-17-11-14(13-21-18(17)23)19(24)22-7-2-1-3-8-22/h4-6,11-13H,1-3,7-10H2. The fraction of sp³-hybridized carbons (Fsp3) is 0.368. The zero-order valence-corrected chi connectivity index (χ0v) is 13.9. The van der Waals surface area contributed by atoms with Gasteiger partial charge in [0.05, 0.1) is 12.1 Å². The van der Waals surface area contributed by atoms with E-state index in [0.717, 1.165) is 31.6 Å². The second-order valence-electron chi connectivity index (χ2n) is 6.38. The van der Waals surface area contributed by atoms with E-state index in [2.05, 4.69) is 4.98 Å². The van der Waals surface area contributed by atoms with Crippen LogP contribution in [0.25, 0.3) is 0 Å². The fourth-order valence-electron chi connectivity index (χ4n) is 3.39. The highest BCUT2D eigenvalue weighted by Crippen LogP contribution is 2.35. The molecular weight excluding hydrogens is 321 g/mol. The Kier molecular flexibility index (Phi) is 4.26. The van der Waals surface area contributed by atoms with E-state index in [-0.39, 0.29) is 11.7 Å². The monoisotopic (exact) mass is 341 g/mol. The molecule has 0 radical (unpaired) electrons. The van der Waals surface area contributed by atoms with Crippen LogP contribution in [0.3, 0.4) is 0 Å². The number of likely N-dealkylation sites (tertiary alicyclic amines) is 1. The van der Waals surface area contributed by atoms with Crippen molar-refractivity contribution in [2.45, 2.75) is 19.3 Å². The molecule has 0 bridgehead atoms. The zero-order chi connectivity index (χ0) is 17.2. The van der Waals surface area contributed by atoms with Crippen molar-refractivity contribution in [2.24, 2.45) is 0 Å². The minimum Gasteiger partial charge on any atom is -0.488 e. The first-order valence-corrected chi connectivity index (χ1v) is 8.67. The number of carbonyl (C=O) groups is 1. The van der Waals surface area contributed by atoms with Gasteiger partial charge in [-0.2, -0.15) is 0 Å². The van der Waals surface area contributed by atoms with Crippen molar-refractivity contribution in [1.82, 2.24) is 9.88 Å². The Morgan fingerprint density at radius 2 is 1.96 bits per heavy atom. The van der Waals surface area contributed by atoms with Crippen LogP contribution >= 0.6 is 0 Å². The third kappa shape index (κ3) is 3.16. The van der Waals surface area contributed by atoms with E-state index in [4.69, 9.17) is 4.74 Å². The van der Waals surface area contributed by atoms with Gasteiger partial charge in [0.15, 0.2) is 11.6 Å². The summed E-state index contributed by atoms with van der Waals surface area (Å²) in [7, 11) is 0. The van der Waals surface area contributed by atoms with Gasteiger partial charge in [-0.1, -0.05) is 6.07 Å². The molecule has 0 unspecified atom stereocenters. The molecule has 1 aromatic carbocycles. The first-order valence-electron chi connectivity index (χ1n) is 8.67. The molecule has 0 N–H and O–H groups in total. The number of halogens is 1. The topological polar surface area (TPSA) is 45.7 Å². The molecule has 5 nitrogen and oxygen atoms in total. The van der Waals surface area contributed by atoms with E-state index in [1.165, 1.54) is 18.6 Å². The first-order chi connectivity index (χ1) is 12.2. The van der Waals surface area contributed by atoms with Crippen molar-refractivity contribution in [3.8, 4) is 5.75 Å². The van der Waals surface area contributed by atoms with Gasteiger partial charge in [-0.25, -0.2) is 9.37 Å². The van der Waals surface area contributed by atoms with Gasteiger partial charge in [0.2, 0.25) is 0 Å². The highest BCUT2D eigenvalue weighted by Gasteiger charge is 2.25. The molecule has 6 heteroatoms. The summed E-state index contributed by atoms with van der Waals surface area (Å²) in [6.45, 7) is 2.65. The van der Waals surface area contributed by atoms with E-state index in [9.17, 15) is 9.18 Å². The summed E-state index contributed by atoms with van der Waals surface area (Å²) in [5.74, 6) is 0.898. The predicted molar refractivity (Wildman–Crippen MR) is 92.9 cm³/mol. The summed E-state index contributed by atoms with van der Waals surface area (Å²) in [6.07, 6.45) is 4.87. The molecule has 2 aliphatic rings. The molecular formula is C19H20FN3O2. The van der Waals surface area contributed by atoms with Crippen LogP contribution in [-0.2, 0) is 0 Å². The Morgan fingerprint density at radius 1 is 1.12 bits per heavy atom. The molecule has 2 aromatic rings. The Morgan fingerprint density at radius 3 is 2.76 bits per heavy atom. The van der Waals surface area contributed by atoms with Crippen LogP contribution in [0.4, 0.5) is 15.9 Å². The van der Waals surface area contributed by atoms with Gasteiger partial charge in [-0.3, -0.25) is 4.79 Å². The molecule has 3 heterocycles. The van der Waals surface area contributed by atoms with Crippen molar-refractivity contribution in [3.63, 3.8) is 0 Å². The number of fused-ring (bicyclic) bond motifs is 1. The molecule has 0 saturated carbocycles. The predicted octanol–water partition coefficient (Wildman–Crippen LogP) is 3.38. The molecule has 25 heavy (non-hydrogen) atoms. The maximum Gasteiger partial charge on any atom is 0.255 e. The molecule has 4 rings (SSSR count). The highest BCUT2D eigenvalue weighted by atomic mass is 19.1. The zero-order valence-electron chi connectivity index (χ0n) is 13.9. The van der Waals surface area contributed by atoms with Gasteiger partial charge in [-0.15, -0.1) is 0 Å². The number of rotatable bonds is 2. The summed E-state index contributed by atoms with van der Waals surface area (Å²) in [5.41, 5.74) is 1.27. The number of hydrogen-bond donors (Lipinski definition) is 0. The average molecular weight is 341 g/mol. The van der Waals surface area contributed by atoms with Crippen molar-refractivity contribution in [2.75, 3.05) is 31.1 Å². The van der Waals surface area contributed by atoms with Crippen LogP contribution in [0.5, 0.6) is 5.75 Å². The van der Waals surface area contributed by atoms with Crippen LogP contribution in [0.1, 0.15) is 29.6 Å². The van der Waals surface area contributed by atoms with Gasteiger partial charge in [0.25, 0.3) is 5.91 Å². The lowest BCUT2D eigenvalue weighted by molar-refractivity contribution is 0.0723. The van der Waals surface area contributed by atoms with E-state index < -0.39 is 0 Å². The van der Waals surface area contributed by atoms with E-state index in [1.54, 1.807) is 18.3 Å². The van der Waals surface area contributed by atoms with Crippen molar-refractivity contribution < 1.29 is 13.9 Å². The minimum absolute atomic E-state index is 0.00137. The molecule has 0 aliphatic carbocycles. The maximum atomic E-state index is 13.5. The van der Waals surface area contributed by atoms with Gasteiger partial charge in [0, 0.05) is 25.0 Å². The van der Waals surface area contributed by atoms with E-state index >= 15 is 0 Å². The Labute approximate surface area is 146 Å². The number of amides is 1. The molecule has 1 fully saturated rings. The number of piperidine rings is 1. The normalized spacial score (nSPS) is 17.0. The van der Waals surface area contributed by atoms with E-state index in [0.29, 0.717) is 30.3 Å². The number of carbonyl (C=O) groups excluding carboxylic acids is 1. The second kappa shape index (κ2) is 6.70. The van der Waals surface area contributed by atoms with Gasteiger partial charge >= 0.3 is 0 Å². The lowest BCUT2D eigenvalue weighted by atomic mass is 10.1. The molecule has 0 spiro atoms. The molecule has 0 atom stereocenters. The van der Waals surface area contributed by atoms with Crippen LogP contribution in [-0.4, -0.2) is 42.0 Å². The average Bonchev–Trinajstić information content (AvgIpc) is 2.67. The molecule has 1 saturated heterocycles. The summed E-state index contributed by atoms with van der Waals surface area (Å²) in [5, 5.41) is 0. The number of nitrogens with zero attached hydrogens (tertiary/aromatic N) is 3. The summed E-state index contributed by atoms with van der Waals surface area (Å²) < 4.78 is 19.3. The molecule has 1 amide bonds. The van der Waals surface area contributed by atoms with Gasteiger partial charge in [-0.05, 0) is 43.5 Å². The van der Waals surface area contributed by atoms with Crippen molar-refractivity contribution in [1.29, 1.82) is 0 Å². The minimum atomic E-state index is -0.289. The number of benzene rings is 1. The molecule has 2 aliphatic heterocycles. The number of hydrogen-bond acceptors (Lipinski definition) is 4. The Bertz CT molecular complexity index is 790. The third-order valence-corrected chi connectivity index (χ3v) is 4.67. The number of anilines is 2. The van der Waals surface area contributed by atoms with Crippen molar-refractivity contribution >= 4 is 17.4 Å². The van der Waals surface area contributed by atoms with Crippen LogP contribution in [0, 0.1) is 5.82 Å². The van der Waals surface area contributed by atoms with Gasteiger partial charge < -0.3 is 14.5 Å². The van der Waals surface area contributed by atoms with Crippen LogP contribution < -0.4 is 9.64 Å². The van der Waals surface area contributed by atoms with Crippen molar-refractivity contribution in [3.05, 3.63) is 47.9 Å². The largest absolute Gasteiger partial charge is 0.488 e. The third-order valence-electron chi connectivity index (χ3n) is 4.67. The van der Waals surface area contributed by atoms with Gasteiger partial charge in [0.1, 0.15) is 12.4 Å². The lowest BCUT2D eigenvalue weighted by Crippen LogP contribution is -2.36. The van der Waals surface area contributed by atoms with Crippen LogP contribution in [0.2, 0.25) is 0 Å². The highest BCUT2D eigenvalue weighted by molar-refractivity contribution is 5.95. The Balaban J connectivity index is 1.63. The number of ether oxygens (including phenoxy) is 1.